The molecule has 1 saturated heterocycles. The molecule has 5 heteroatoms. The lowest BCUT2D eigenvalue weighted by atomic mass is 10.2. The summed E-state index contributed by atoms with van der Waals surface area (Å²) in [7, 11) is 0. The van der Waals surface area contributed by atoms with Crippen LogP contribution < -0.4 is 10.1 Å². The lowest BCUT2D eigenvalue weighted by Gasteiger charge is -2.34. The number of anilines is 1. The van der Waals surface area contributed by atoms with Gasteiger partial charge in [-0.2, -0.15) is 0 Å². The van der Waals surface area contributed by atoms with E-state index in [2.05, 4.69) is 10.2 Å². The SMILES string of the molecule is CCOc1ccc(NC(=O)CN2CC(C)OC(C)C2)cc1. The topological polar surface area (TPSA) is 50.8 Å². The van der Waals surface area contributed by atoms with E-state index in [1.807, 2.05) is 45.0 Å². The predicted molar refractivity (Wildman–Crippen MR) is 82.7 cm³/mol. The van der Waals surface area contributed by atoms with Crippen LogP contribution in [0.1, 0.15) is 20.8 Å². The summed E-state index contributed by atoms with van der Waals surface area (Å²) in [6, 6.07) is 7.43. The lowest BCUT2D eigenvalue weighted by molar-refractivity contribution is -0.121. The summed E-state index contributed by atoms with van der Waals surface area (Å²) >= 11 is 0. The van der Waals surface area contributed by atoms with E-state index in [1.165, 1.54) is 0 Å². The van der Waals surface area contributed by atoms with Gasteiger partial charge in [0.2, 0.25) is 5.91 Å². The number of carbonyl (C=O) groups excluding carboxylic acids is 1. The van der Waals surface area contributed by atoms with Crippen LogP contribution in [0.3, 0.4) is 0 Å². The first kappa shape index (κ1) is 15.8. The zero-order valence-corrected chi connectivity index (χ0v) is 13.0. The number of amides is 1. The number of benzene rings is 1. The molecule has 21 heavy (non-hydrogen) atoms. The molecule has 0 bridgehead atoms. The molecule has 0 saturated carbocycles. The minimum absolute atomic E-state index is 0.000426. The van der Waals surface area contributed by atoms with Gasteiger partial charge < -0.3 is 14.8 Å². The third-order valence-corrected chi connectivity index (χ3v) is 3.31. The Morgan fingerprint density at radius 3 is 2.48 bits per heavy atom. The fourth-order valence-electron chi connectivity index (χ4n) is 2.62. The summed E-state index contributed by atoms with van der Waals surface area (Å²) in [5.41, 5.74) is 0.790. The van der Waals surface area contributed by atoms with Gasteiger partial charge in [0.05, 0.1) is 25.4 Å². The van der Waals surface area contributed by atoms with E-state index < -0.39 is 0 Å². The smallest absolute Gasteiger partial charge is 0.238 e. The largest absolute Gasteiger partial charge is 0.494 e. The maximum Gasteiger partial charge on any atom is 0.238 e. The molecule has 0 aliphatic carbocycles. The van der Waals surface area contributed by atoms with Gasteiger partial charge in [-0.3, -0.25) is 9.69 Å². The zero-order valence-electron chi connectivity index (χ0n) is 13.0. The summed E-state index contributed by atoms with van der Waals surface area (Å²) in [5.74, 6) is 0.812. The van der Waals surface area contributed by atoms with E-state index in [0.29, 0.717) is 13.2 Å². The molecule has 2 unspecified atom stereocenters. The number of hydrogen-bond acceptors (Lipinski definition) is 4. The number of hydrogen-bond donors (Lipinski definition) is 1. The van der Waals surface area contributed by atoms with Crippen LogP contribution in [0.4, 0.5) is 5.69 Å². The van der Waals surface area contributed by atoms with Crippen molar-refractivity contribution >= 4 is 11.6 Å². The van der Waals surface area contributed by atoms with Crippen LogP contribution in [-0.4, -0.2) is 49.3 Å². The number of ether oxygens (including phenoxy) is 2. The Morgan fingerprint density at radius 1 is 1.29 bits per heavy atom. The van der Waals surface area contributed by atoms with Crippen molar-refractivity contribution in [1.29, 1.82) is 0 Å². The van der Waals surface area contributed by atoms with Crippen molar-refractivity contribution in [2.75, 3.05) is 31.6 Å². The first-order valence-electron chi connectivity index (χ1n) is 7.47. The molecule has 0 aromatic heterocycles. The summed E-state index contributed by atoms with van der Waals surface area (Å²) < 4.78 is 11.0. The molecule has 5 nitrogen and oxygen atoms in total. The second-order valence-electron chi connectivity index (χ2n) is 5.46. The van der Waals surface area contributed by atoms with Gasteiger partial charge in [0.25, 0.3) is 0 Å². The number of nitrogens with zero attached hydrogens (tertiary/aromatic N) is 1. The lowest BCUT2D eigenvalue weighted by Crippen LogP contribution is -2.48. The summed E-state index contributed by atoms with van der Waals surface area (Å²) in [5, 5.41) is 2.91. The molecule has 1 aromatic rings. The highest BCUT2D eigenvalue weighted by atomic mass is 16.5. The van der Waals surface area contributed by atoms with Crippen molar-refractivity contribution in [3.05, 3.63) is 24.3 Å². The number of rotatable bonds is 5. The van der Waals surface area contributed by atoms with E-state index in [1.54, 1.807) is 0 Å². The molecule has 2 atom stereocenters. The minimum Gasteiger partial charge on any atom is -0.494 e. The molecular weight excluding hydrogens is 268 g/mol. The highest BCUT2D eigenvalue weighted by molar-refractivity contribution is 5.92. The minimum atomic E-state index is 0.000426. The number of carbonyl (C=O) groups is 1. The Balaban J connectivity index is 1.83. The van der Waals surface area contributed by atoms with Crippen LogP contribution in [0.5, 0.6) is 5.75 Å². The highest BCUT2D eigenvalue weighted by Gasteiger charge is 2.23. The fraction of sp³-hybridized carbons (Fsp3) is 0.562. The van der Waals surface area contributed by atoms with Crippen LogP contribution in [0.2, 0.25) is 0 Å². The summed E-state index contributed by atoms with van der Waals surface area (Å²) in [6.45, 7) is 8.63. The van der Waals surface area contributed by atoms with E-state index >= 15 is 0 Å². The summed E-state index contributed by atoms with van der Waals surface area (Å²) in [4.78, 5) is 14.2. The van der Waals surface area contributed by atoms with Crippen molar-refractivity contribution < 1.29 is 14.3 Å². The molecule has 1 aliphatic rings. The van der Waals surface area contributed by atoms with E-state index in [0.717, 1.165) is 24.5 Å². The molecule has 1 heterocycles. The first-order valence-corrected chi connectivity index (χ1v) is 7.47. The highest BCUT2D eigenvalue weighted by Crippen LogP contribution is 2.16. The van der Waals surface area contributed by atoms with Gasteiger partial charge in [0.1, 0.15) is 5.75 Å². The van der Waals surface area contributed by atoms with E-state index in [9.17, 15) is 4.79 Å². The normalized spacial score (nSPS) is 22.8. The zero-order chi connectivity index (χ0) is 15.2. The molecule has 116 valence electrons. The average molecular weight is 292 g/mol. The van der Waals surface area contributed by atoms with Gasteiger partial charge in [-0.05, 0) is 45.0 Å². The molecule has 1 fully saturated rings. The van der Waals surface area contributed by atoms with Crippen LogP contribution in [0, 0.1) is 0 Å². The monoisotopic (exact) mass is 292 g/mol. The molecule has 1 amide bonds. The van der Waals surface area contributed by atoms with Gasteiger partial charge in [0.15, 0.2) is 0 Å². The van der Waals surface area contributed by atoms with Crippen molar-refractivity contribution in [2.45, 2.75) is 33.0 Å². The van der Waals surface area contributed by atoms with Crippen molar-refractivity contribution in [3.63, 3.8) is 0 Å². The van der Waals surface area contributed by atoms with Crippen LogP contribution >= 0.6 is 0 Å². The Morgan fingerprint density at radius 2 is 1.90 bits per heavy atom. The van der Waals surface area contributed by atoms with Crippen molar-refractivity contribution in [1.82, 2.24) is 4.90 Å². The molecule has 0 radical (unpaired) electrons. The Hall–Kier alpha value is -1.59. The Kier molecular flexibility index (Phi) is 5.59. The van der Waals surface area contributed by atoms with Gasteiger partial charge in [-0.15, -0.1) is 0 Å². The molecule has 0 spiro atoms. The van der Waals surface area contributed by atoms with Gasteiger partial charge in [-0.25, -0.2) is 0 Å². The van der Waals surface area contributed by atoms with E-state index in [4.69, 9.17) is 9.47 Å². The average Bonchev–Trinajstić information content (AvgIpc) is 2.40. The fourth-order valence-corrected chi connectivity index (χ4v) is 2.62. The quantitative estimate of drug-likeness (QED) is 0.903. The second-order valence-corrected chi connectivity index (χ2v) is 5.46. The second kappa shape index (κ2) is 7.43. The molecular formula is C16H24N2O3. The number of morpholine rings is 1. The standard InChI is InChI=1S/C16H24N2O3/c1-4-20-15-7-5-14(6-8-15)17-16(19)11-18-9-12(2)21-13(3)10-18/h5-8,12-13H,4,9-11H2,1-3H3,(H,17,19). The van der Waals surface area contributed by atoms with Crippen molar-refractivity contribution in [2.24, 2.45) is 0 Å². The third-order valence-electron chi connectivity index (χ3n) is 3.31. The Bertz CT molecular complexity index is 451. The van der Waals surface area contributed by atoms with Gasteiger partial charge in [0, 0.05) is 18.8 Å². The molecule has 1 aliphatic heterocycles. The van der Waals surface area contributed by atoms with Crippen molar-refractivity contribution in [3.8, 4) is 5.75 Å². The first-order chi connectivity index (χ1) is 10.1. The van der Waals surface area contributed by atoms with Crippen LogP contribution in [0.15, 0.2) is 24.3 Å². The van der Waals surface area contributed by atoms with Gasteiger partial charge in [-0.1, -0.05) is 0 Å². The summed E-state index contributed by atoms with van der Waals surface area (Å²) in [6.07, 6.45) is 0.346. The molecule has 1 aromatic carbocycles. The molecule has 2 rings (SSSR count). The van der Waals surface area contributed by atoms with Gasteiger partial charge >= 0.3 is 0 Å². The maximum atomic E-state index is 12.1. The predicted octanol–water partition coefficient (Wildman–Crippen LogP) is 2.13. The van der Waals surface area contributed by atoms with Crippen LogP contribution in [-0.2, 0) is 9.53 Å². The maximum absolute atomic E-state index is 12.1. The third kappa shape index (κ3) is 5.02. The molecule has 1 N–H and O–H groups in total. The van der Waals surface area contributed by atoms with Crippen LogP contribution in [0.25, 0.3) is 0 Å². The van der Waals surface area contributed by atoms with E-state index in [-0.39, 0.29) is 18.1 Å². The Labute approximate surface area is 126 Å². The number of nitrogens with one attached hydrogen (secondary N) is 1.